The van der Waals surface area contributed by atoms with Crippen LogP contribution in [0.25, 0.3) is 11.1 Å². The summed E-state index contributed by atoms with van der Waals surface area (Å²) in [5.41, 5.74) is 5.27. The summed E-state index contributed by atoms with van der Waals surface area (Å²) < 4.78 is 12.9. The van der Waals surface area contributed by atoms with Gasteiger partial charge in [0.15, 0.2) is 0 Å². The summed E-state index contributed by atoms with van der Waals surface area (Å²) in [4.78, 5) is 2.52. The van der Waals surface area contributed by atoms with E-state index in [0.717, 1.165) is 65.6 Å². The van der Waals surface area contributed by atoms with E-state index >= 15 is 0 Å². The molecular formula is C35H41NO4. The third-order valence-electron chi connectivity index (χ3n) is 8.97. The Morgan fingerprint density at radius 3 is 2.40 bits per heavy atom. The van der Waals surface area contributed by atoms with Gasteiger partial charge in [-0.15, -0.1) is 0 Å². The van der Waals surface area contributed by atoms with E-state index in [1.54, 1.807) is 12.1 Å². The van der Waals surface area contributed by atoms with Gasteiger partial charge in [0.05, 0.1) is 0 Å². The number of aromatic hydroxyl groups is 2. The molecule has 0 bridgehead atoms. The first kappa shape index (κ1) is 26.8. The van der Waals surface area contributed by atoms with Crippen LogP contribution in [-0.4, -0.2) is 40.9 Å². The summed E-state index contributed by atoms with van der Waals surface area (Å²) in [6.07, 6.45) is 6.80. The number of fused-ring (bicyclic) bond motifs is 1. The third kappa shape index (κ3) is 5.57. The number of phenols is 2. The van der Waals surface area contributed by atoms with E-state index in [9.17, 15) is 10.2 Å². The zero-order chi connectivity index (χ0) is 27.6. The first-order valence-electron chi connectivity index (χ1n) is 15.0. The Labute approximate surface area is 238 Å². The van der Waals surface area contributed by atoms with Crippen LogP contribution in [0.5, 0.6) is 23.0 Å². The minimum absolute atomic E-state index is 0.235. The molecule has 3 aliphatic rings. The minimum Gasteiger partial charge on any atom is -0.508 e. The molecule has 1 aliphatic carbocycles. The number of hydrogen-bond acceptors (Lipinski definition) is 5. The van der Waals surface area contributed by atoms with E-state index in [2.05, 4.69) is 36.9 Å². The van der Waals surface area contributed by atoms with Gasteiger partial charge in [0.1, 0.15) is 35.7 Å². The molecule has 1 saturated heterocycles. The molecule has 3 atom stereocenters. The van der Waals surface area contributed by atoms with Gasteiger partial charge >= 0.3 is 0 Å². The summed E-state index contributed by atoms with van der Waals surface area (Å²) >= 11 is 0. The van der Waals surface area contributed by atoms with Crippen LogP contribution in [0.1, 0.15) is 75.2 Å². The minimum atomic E-state index is -0.338. The van der Waals surface area contributed by atoms with Crippen molar-refractivity contribution in [3.63, 3.8) is 0 Å². The van der Waals surface area contributed by atoms with Gasteiger partial charge in [0.25, 0.3) is 0 Å². The zero-order valence-corrected chi connectivity index (χ0v) is 23.7. The number of nitrogens with zero attached hydrogens (tertiary/aromatic N) is 1. The molecule has 3 aromatic carbocycles. The number of ether oxygens (including phenoxy) is 2. The zero-order valence-electron chi connectivity index (χ0n) is 23.7. The van der Waals surface area contributed by atoms with Gasteiger partial charge in [0.2, 0.25) is 0 Å². The molecule has 2 heterocycles. The molecule has 2 fully saturated rings. The molecule has 0 amide bonds. The lowest BCUT2D eigenvalue weighted by Gasteiger charge is -2.36. The highest BCUT2D eigenvalue weighted by atomic mass is 16.5. The maximum absolute atomic E-state index is 10.5. The Balaban J connectivity index is 1.35. The fraction of sp³-hybridized carbons (Fsp3) is 0.429. The Morgan fingerprint density at radius 2 is 1.68 bits per heavy atom. The maximum Gasteiger partial charge on any atom is 0.150 e. The SMILES string of the molecule is CC1CCN(C(C)COc2ccc(C3Oc4ccc(O)cc4C(C4CCCCC4)=C3c3cccc(O)c3)cc2)C1. The second-order valence-corrected chi connectivity index (χ2v) is 12.0. The fourth-order valence-corrected chi connectivity index (χ4v) is 6.78. The second-order valence-electron chi connectivity index (χ2n) is 12.0. The summed E-state index contributed by atoms with van der Waals surface area (Å²) in [6.45, 7) is 7.53. The van der Waals surface area contributed by atoms with Crippen molar-refractivity contribution in [1.29, 1.82) is 0 Å². The normalized spacial score (nSPS) is 22.6. The van der Waals surface area contributed by atoms with Crippen molar-refractivity contribution in [2.24, 2.45) is 11.8 Å². The van der Waals surface area contributed by atoms with Crippen molar-refractivity contribution in [2.75, 3.05) is 19.7 Å². The molecule has 5 heteroatoms. The van der Waals surface area contributed by atoms with Crippen molar-refractivity contribution in [3.8, 4) is 23.0 Å². The predicted molar refractivity (Wildman–Crippen MR) is 160 cm³/mol. The van der Waals surface area contributed by atoms with Crippen LogP contribution >= 0.6 is 0 Å². The van der Waals surface area contributed by atoms with E-state index in [1.807, 2.05) is 36.4 Å². The largest absolute Gasteiger partial charge is 0.508 e. The van der Waals surface area contributed by atoms with Crippen LogP contribution in [0.4, 0.5) is 0 Å². The monoisotopic (exact) mass is 539 g/mol. The van der Waals surface area contributed by atoms with Crippen molar-refractivity contribution in [2.45, 2.75) is 64.5 Å². The van der Waals surface area contributed by atoms with Crippen LogP contribution < -0.4 is 9.47 Å². The van der Waals surface area contributed by atoms with Gasteiger partial charge in [-0.3, -0.25) is 4.90 Å². The molecule has 210 valence electrons. The van der Waals surface area contributed by atoms with Gasteiger partial charge < -0.3 is 19.7 Å². The van der Waals surface area contributed by atoms with Crippen molar-refractivity contribution >= 4 is 11.1 Å². The number of likely N-dealkylation sites (tertiary alicyclic amines) is 1. The lowest BCUT2D eigenvalue weighted by atomic mass is 9.74. The van der Waals surface area contributed by atoms with Gasteiger partial charge in [-0.05, 0) is 104 Å². The first-order chi connectivity index (χ1) is 19.5. The third-order valence-corrected chi connectivity index (χ3v) is 8.97. The predicted octanol–water partition coefficient (Wildman–Crippen LogP) is 7.83. The highest BCUT2D eigenvalue weighted by Crippen LogP contribution is 2.52. The number of rotatable bonds is 7. The number of allylic oxidation sites excluding steroid dienone is 1. The quantitative estimate of drug-likeness (QED) is 0.320. The Bertz CT molecular complexity index is 1360. The van der Waals surface area contributed by atoms with E-state index in [1.165, 1.54) is 31.3 Å². The van der Waals surface area contributed by atoms with Crippen molar-refractivity contribution < 1.29 is 19.7 Å². The van der Waals surface area contributed by atoms with E-state index < -0.39 is 0 Å². The van der Waals surface area contributed by atoms with E-state index in [4.69, 9.17) is 9.47 Å². The highest BCUT2D eigenvalue weighted by Gasteiger charge is 2.35. The highest BCUT2D eigenvalue weighted by molar-refractivity contribution is 5.97. The molecule has 0 radical (unpaired) electrons. The lowest BCUT2D eigenvalue weighted by Crippen LogP contribution is -2.35. The Kier molecular flexibility index (Phi) is 7.75. The molecule has 5 nitrogen and oxygen atoms in total. The van der Waals surface area contributed by atoms with Crippen LogP contribution in [0, 0.1) is 11.8 Å². The molecule has 6 rings (SSSR count). The van der Waals surface area contributed by atoms with Gasteiger partial charge in [-0.2, -0.15) is 0 Å². The summed E-state index contributed by atoms with van der Waals surface area (Å²) in [5.74, 6) is 3.26. The molecular weight excluding hydrogens is 498 g/mol. The number of benzene rings is 3. The summed E-state index contributed by atoms with van der Waals surface area (Å²) in [5, 5.41) is 20.9. The molecule has 3 aromatic rings. The van der Waals surface area contributed by atoms with Crippen LogP contribution in [-0.2, 0) is 0 Å². The lowest BCUT2D eigenvalue weighted by molar-refractivity contribution is 0.169. The van der Waals surface area contributed by atoms with Crippen molar-refractivity contribution in [3.05, 3.63) is 83.4 Å². The maximum atomic E-state index is 10.5. The molecule has 0 aromatic heterocycles. The van der Waals surface area contributed by atoms with Gasteiger partial charge in [0, 0.05) is 23.7 Å². The Hall–Kier alpha value is -3.44. The van der Waals surface area contributed by atoms with Crippen LogP contribution in [0.2, 0.25) is 0 Å². The average molecular weight is 540 g/mol. The van der Waals surface area contributed by atoms with E-state index in [-0.39, 0.29) is 17.6 Å². The van der Waals surface area contributed by atoms with Gasteiger partial charge in [-0.25, -0.2) is 0 Å². The van der Waals surface area contributed by atoms with Crippen molar-refractivity contribution in [1.82, 2.24) is 4.90 Å². The number of hydrogen-bond donors (Lipinski definition) is 2. The van der Waals surface area contributed by atoms with Crippen LogP contribution in [0.3, 0.4) is 0 Å². The molecule has 1 saturated carbocycles. The molecule has 3 unspecified atom stereocenters. The smallest absolute Gasteiger partial charge is 0.150 e. The topological polar surface area (TPSA) is 62.2 Å². The standard InChI is InChI=1S/C35H41NO4/c1-23-17-18-36(21-23)24(2)22-39-30-14-11-26(12-15-30)35-34(27-9-6-10-28(37)19-27)33(25-7-4-3-5-8-25)31-20-29(38)13-16-32(31)40-35/h6,9-16,19-20,23-25,35,37-38H,3-5,7-8,17-18,21-22H2,1-2H3. The summed E-state index contributed by atoms with van der Waals surface area (Å²) in [6, 6.07) is 21.6. The average Bonchev–Trinajstić information content (AvgIpc) is 3.42. The van der Waals surface area contributed by atoms with E-state index in [0.29, 0.717) is 18.6 Å². The van der Waals surface area contributed by atoms with Gasteiger partial charge in [-0.1, -0.05) is 50.5 Å². The molecule has 40 heavy (non-hydrogen) atoms. The van der Waals surface area contributed by atoms with Crippen LogP contribution in [0.15, 0.2) is 66.7 Å². The fourth-order valence-electron chi connectivity index (χ4n) is 6.78. The first-order valence-corrected chi connectivity index (χ1v) is 15.0. The molecule has 0 spiro atoms. The summed E-state index contributed by atoms with van der Waals surface area (Å²) in [7, 11) is 0. The molecule has 2 aliphatic heterocycles. The number of phenolic OH excluding ortho intramolecular Hbond substituents is 2. The molecule has 2 N–H and O–H groups in total. The Morgan fingerprint density at radius 1 is 0.900 bits per heavy atom. The second kappa shape index (κ2) is 11.6.